The maximum atomic E-state index is 13.7. The number of nitrogens with one attached hydrogen (secondary N) is 1. The normalized spacial score (nSPS) is 11.7. The number of halogens is 1. The van der Waals surface area contributed by atoms with Gasteiger partial charge in [-0.05, 0) is 23.8 Å². The second-order valence-electron chi connectivity index (χ2n) is 5.11. The fourth-order valence-electron chi connectivity index (χ4n) is 2.12. The third kappa shape index (κ3) is 4.62. The van der Waals surface area contributed by atoms with E-state index in [4.69, 9.17) is 5.73 Å². The maximum absolute atomic E-state index is 13.7. The van der Waals surface area contributed by atoms with E-state index in [2.05, 4.69) is 5.32 Å². The van der Waals surface area contributed by atoms with E-state index < -0.39 is 23.7 Å². The van der Waals surface area contributed by atoms with E-state index in [1.54, 1.807) is 0 Å². The van der Waals surface area contributed by atoms with E-state index in [0.717, 1.165) is 17.7 Å². The van der Waals surface area contributed by atoms with E-state index in [9.17, 15) is 19.1 Å². The molecule has 0 aromatic heterocycles. The third-order valence-electron chi connectivity index (χ3n) is 3.31. The molecule has 4 N–H and O–H groups in total. The topological polar surface area (TPSA) is 92.4 Å². The van der Waals surface area contributed by atoms with Crippen molar-refractivity contribution in [1.82, 2.24) is 5.32 Å². The molecular weight excluding hydrogens is 299 g/mol. The SMILES string of the molecule is NC(=O)c1ccc(F)c(C(=O)NC[C@H](O)Cc2ccccc2)c1. The molecule has 0 saturated carbocycles. The number of hydrogen-bond acceptors (Lipinski definition) is 3. The summed E-state index contributed by atoms with van der Waals surface area (Å²) in [6.07, 6.45) is -0.436. The van der Waals surface area contributed by atoms with Crippen LogP contribution in [0.5, 0.6) is 0 Å². The molecule has 0 aliphatic rings. The summed E-state index contributed by atoms with van der Waals surface area (Å²) in [5, 5.41) is 12.4. The first-order valence-corrected chi connectivity index (χ1v) is 7.07. The van der Waals surface area contributed by atoms with Crippen LogP contribution in [0.2, 0.25) is 0 Å². The first-order chi connectivity index (χ1) is 11.0. The van der Waals surface area contributed by atoms with Gasteiger partial charge in [0.25, 0.3) is 5.91 Å². The molecule has 6 heteroatoms. The van der Waals surface area contributed by atoms with Gasteiger partial charge in [-0.2, -0.15) is 0 Å². The first kappa shape index (κ1) is 16.6. The molecule has 0 bridgehead atoms. The molecule has 1 atom stereocenters. The van der Waals surface area contributed by atoms with E-state index >= 15 is 0 Å². The van der Waals surface area contributed by atoms with Gasteiger partial charge in [-0.25, -0.2) is 4.39 Å². The monoisotopic (exact) mass is 316 g/mol. The Kier molecular flexibility index (Phi) is 5.43. The van der Waals surface area contributed by atoms with Gasteiger partial charge in [0, 0.05) is 18.5 Å². The first-order valence-electron chi connectivity index (χ1n) is 7.07. The second kappa shape index (κ2) is 7.51. The molecular formula is C17H17FN2O3. The van der Waals surface area contributed by atoms with Crippen LogP contribution in [0.4, 0.5) is 4.39 Å². The summed E-state index contributed by atoms with van der Waals surface area (Å²) in [5.74, 6) is -2.22. The maximum Gasteiger partial charge on any atom is 0.254 e. The number of hydrogen-bond donors (Lipinski definition) is 3. The summed E-state index contributed by atoms with van der Waals surface area (Å²) in [6.45, 7) is -0.0338. The van der Waals surface area contributed by atoms with Gasteiger partial charge in [-0.3, -0.25) is 9.59 Å². The molecule has 120 valence electrons. The van der Waals surface area contributed by atoms with Crippen LogP contribution in [0.15, 0.2) is 48.5 Å². The zero-order valence-corrected chi connectivity index (χ0v) is 12.3. The molecule has 0 aliphatic heterocycles. The van der Waals surface area contributed by atoms with Gasteiger partial charge in [-0.15, -0.1) is 0 Å². The second-order valence-corrected chi connectivity index (χ2v) is 5.11. The lowest BCUT2D eigenvalue weighted by atomic mass is 10.1. The molecule has 5 nitrogen and oxygen atoms in total. The van der Waals surface area contributed by atoms with Gasteiger partial charge in [-0.1, -0.05) is 30.3 Å². The Bertz CT molecular complexity index is 704. The molecule has 2 aromatic rings. The van der Waals surface area contributed by atoms with Crippen molar-refractivity contribution in [2.24, 2.45) is 5.73 Å². The van der Waals surface area contributed by atoms with Gasteiger partial charge in [0.15, 0.2) is 0 Å². The third-order valence-corrected chi connectivity index (χ3v) is 3.31. The fourth-order valence-corrected chi connectivity index (χ4v) is 2.12. The molecule has 0 spiro atoms. The largest absolute Gasteiger partial charge is 0.391 e. The number of primary amides is 1. The van der Waals surface area contributed by atoms with Crippen molar-refractivity contribution in [3.8, 4) is 0 Å². The van der Waals surface area contributed by atoms with Crippen LogP contribution in [0.25, 0.3) is 0 Å². The summed E-state index contributed by atoms with van der Waals surface area (Å²) in [7, 11) is 0. The lowest BCUT2D eigenvalue weighted by Gasteiger charge is -2.12. The number of amides is 2. The van der Waals surface area contributed by atoms with Crippen LogP contribution >= 0.6 is 0 Å². The van der Waals surface area contributed by atoms with Gasteiger partial charge >= 0.3 is 0 Å². The number of nitrogens with two attached hydrogens (primary N) is 1. The molecule has 0 heterocycles. The highest BCUT2D eigenvalue weighted by molar-refractivity contribution is 5.99. The van der Waals surface area contributed by atoms with Crippen LogP contribution < -0.4 is 11.1 Å². The van der Waals surface area contributed by atoms with Crippen molar-refractivity contribution in [3.05, 3.63) is 71.0 Å². The Balaban J connectivity index is 1.97. The standard InChI is InChI=1S/C17H17FN2O3/c18-15-7-6-12(16(19)22)9-14(15)17(23)20-10-13(21)8-11-4-2-1-3-5-11/h1-7,9,13,21H,8,10H2,(H2,19,22)(H,20,23)/t13-/m1/s1. The number of aliphatic hydroxyl groups is 1. The Labute approximate surface area is 132 Å². The number of carbonyl (C=O) groups is 2. The molecule has 0 aliphatic carbocycles. The van der Waals surface area contributed by atoms with Crippen LogP contribution in [0.1, 0.15) is 26.3 Å². The van der Waals surface area contributed by atoms with E-state index in [-0.39, 0.29) is 17.7 Å². The van der Waals surface area contributed by atoms with Crippen molar-refractivity contribution in [3.63, 3.8) is 0 Å². The lowest BCUT2D eigenvalue weighted by molar-refractivity contribution is 0.0912. The Hall–Kier alpha value is -2.73. The van der Waals surface area contributed by atoms with Crippen molar-refractivity contribution >= 4 is 11.8 Å². The summed E-state index contributed by atoms with van der Waals surface area (Å²) in [6, 6.07) is 12.6. The summed E-state index contributed by atoms with van der Waals surface area (Å²) < 4.78 is 13.7. The van der Waals surface area contributed by atoms with Crippen molar-refractivity contribution in [2.75, 3.05) is 6.54 Å². The Morgan fingerprint density at radius 3 is 2.52 bits per heavy atom. The van der Waals surface area contributed by atoms with Crippen LogP contribution in [-0.2, 0) is 6.42 Å². The summed E-state index contributed by atoms with van der Waals surface area (Å²) >= 11 is 0. The number of carbonyl (C=O) groups excluding carboxylic acids is 2. The molecule has 2 amide bonds. The zero-order chi connectivity index (χ0) is 16.8. The van der Waals surface area contributed by atoms with Gasteiger partial charge < -0.3 is 16.2 Å². The van der Waals surface area contributed by atoms with Crippen molar-refractivity contribution in [1.29, 1.82) is 0 Å². The van der Waals surface area contributed by atoms with Crippen LogP contribution in [-0.4, -0.2) is 29.6 Å². The molecule has 23 heavy (non-hydrogen) atoms. The smallest absolute Gasteiger partial charge is 0.254 e. The summed E-state index contributed by atoms with van der Waals surface area (Å²) in [5.41, 5.74) is 5.79. The Morgan fingerprint density at radius 2 is 1.87 bits per heavy atom. The highest BCUT2D eigenvalue weighted by atomic mass is 19.1. The minimum Gasteiger partial charge on any atom is -0.391 e. The van der Waals surface area contributed by atoms with E-state index in [0.29, 0.717) is 6.42 Å². The quantitative estimate of drug-likeness (QED) is 0.749. The lowest BCUT2D eigenvalue weighted by Crippen LogP contribution is -2.33. The highest BCUT2D eigenvalue weighted by Crippen LogP contribution is 2.10. The van der Waals surface area contributed by atoms with Gasteiger partial charge in [0.2, 0.25) is 5.91 Å². The van der Waals surface area contributed by atoms with Crippen LogP contribution in [0.3, 0.4) is 0 Å². The molecule has 2 aromatic carbocycles. The predicted molar refractivity (Wildman–Crippen MR) is 83.4 cm³/mol. The Morgan fingerprint density at radius 1 is 1.17 bits per heavy atom. The van der Waals surface area contributed by atoms with E-state index in [1.807, 2.05) is 30.3 Å². The molecule has 0 fully saturated rings. The number of aliphatic hydroxyl groups excluding tert-OH is 1. The minimum absolute atomic E-state index is 0.0338. The number of rotatable bonds is 6. The molecule has 0 unspecified atom stereocenters. The minimum atomic E-state index is -0.802. The van der Waals surface area contributed by atoms with Crippen molar-refractivity contribution in [2.45, 2.75) is 12.5 Å². The van der Waals surface area contributed by atoms with Crippen LogP contribution in [0, 0.1) is 5.82 Å². The fraction of sp³-hybridized carbons (Fsp3) is 0.176. The van der Waals surface area contributed by atoms with Gasteiger partial charge in [0.1, 0.15) is 5.82 Å². The predicted octanol–water partition coefficient (Wildman–Crippen LogP) is 1.26. The highest BCUT2D eigenvalue weighted by Gasteiger charge is 2.15. The van der Waals surface area contributed by atoms with Gasteiger partial charge in [0.05, 0.1) is 11.7 Å². The van der Waals surface area contributed by atoms with Crippen molar-refractivity contribution < 1.29 is 19.1 Å². The molecule has 0 radical (unpaired) electrons. The number of benzene rings is 2. The molecule has 0 saturated heterocycles. The summed E-state index contributed by atoms with van der Waals surface area (Å²) in [4.78, 5) is 23.1. The average molecular weight is 316 g/mol. The molecule has 2 rings (SSSR count). The van der Waals surface area contributed by atoms with E-state index in [1.165, 1.54) is 6.07 Å². The average Bonchev–Trinajstić information content (AvgIpc) is 2.53. The zero-order valence-electron chi connectivity index (χ0n) is 12.3.